The Morgan fingerprint density at radius 1 is 1.46 bits per heavy atom. The van der Waals surface area contributed by atoms with Crippen LogP contribution in [-0.2, 0) is 0 Å². The number of hydrogen-bond donors (Lipinski definition) is 1. The maximum absolute atomic E-state index is 5.98. The molecule has 0 amide bonds. The van der Waals surface area contributed by atoms with Crippen LogP contribution >= 0.6 is 22.6 Å². The lowest BCUT2D eigenvalue weighted by Gasteiger charge is -2.11. The normalized spacial score (nSPS) is 12.1. The van der Waals surface area contributed by atoms with Crippen molar-refractivity contribution in [3.05, 3.63) is 33.4 Å². The van der Waals surface area contributed by atoms with Gasteiger partial charge in [0.15, 0.2) is 0 Å². The third-order valence-corrected chi connectivity index (χ3v) is 2.89. The van der Waals surface area contributed by atoms with Gasteiger partial charge in [-0.05, 0) is 40.6 Å². The molecule has 13 heavy (non-hydrogen) atoms. The van der Waals surface area contributed by atoms with E-state index < -0.39 is 0 Å². The summed E-state index contributed by atoms with van der Waals surface area (Å²) in [6, 6.07) is 8.21. The molecule has 0 fully saturated rings. The van der Waals surface area contributed by atoms with Crippen molar-refractivity contribution in [3.63, 3.8) is 0 Å². The molecule has 0 aromatic heterocycles. The molecule has 2 N–H and O–H groups in total. The van der Waals surface area contributed by atoms with Crippen LogP contribution in [0.2, 0.25) is 0 Å². The van der Waals surface area contributed by atoms with Crippen LogP contribution in [0.4, 0.5) is 0 Å². The van der Waals surface area contributed by atoms with Gasteiger partial charge in [0.05, 0.1) is 0 Å². The number of terminal acetylenes is 1. The summed E-state index contributed by atoms with van der Waals surface area (Å²) < 4.78 is 1.21. The van der Waals surface area contributed by atoms with Crippen molar-refractivity contribution in [1.29, 1.82) is 0 Å². The molecular formula is C11H12IN. The van der Waals surface area contributed by atoms with Crippen LogP contribution in [0.15, 0.2) is 24.3 Å². The smallest absolute Gasteiger partial charge is 0.0314 e. The van der Waals surface area contributed by atoms with Crippen LogP contribution in [0, 0.1) is 15.9 Å². The first-order valence-electron chi connectivity index (χ1n) is 4.19. The monoisotopic (exact) mass is 285 g/mol. The Bertz CT molecular complexity index is 314. The fourth-order valence-electron chi connectivity index (χ4n) is 1.17. The molecule has 1 aromatic carbocycles. The quantitative estimate of drug-likeness (QED) is 0.670. The molecule has 0 aliphatic heterocycles. The SMILES string of the molecule is C#CCCC(N)c1ccccc1I. The molecule has 1 atom stereocenters. The predicted molar refractivity (Wildman–Crippen MR) is 64.2 cm³/mol. The van der Waals surface area contributed by atoms with E-state index in [-0.39, 0.29) is 6.04 Å². The lowest BCUT2D eigenvalue weighted by Crippen LogP contribution is -2.11. The Morgan fingerprint density at radius 2 is 2.15 bits per heavy atom. The molecule has 1 aromatic rings. The summed E-state index contributed by atoms with van der Waals surface area (Å²) in [6.07, 6.45) is 6.79. The summed E-state index contributed by atoms with van der Waals surface area (Å²) in [6.45, 7) is 0. The highest BCUT2D eigenvalue weighted by Gasteiger charge is 2.07. The topological polar surface area (TPSA) is 26.0 Å². The molecule has 0 aliphatic rings. The van der Waals surface area contributed by atoms with E-state index in [9.17, 15) is 0 Å². The fraction of sp³-hybridized carbons (Fsp3) is 0.273. The van der Waals surface area contributed by atoms with Gasteiger partial charge in [-0.15, -0.1) is 12.3 Å². The van der Waals surface area contributed by atoms with E-state index in [1.165, 1.54) is 9.13 Å². The van der Waals surface area contributed by atoms with Crippen molar-refractivity contribution in [3.8, 4) is 12.3 Å². The number of hydrogen-bond acceptors (Lipinski definition) is 1. The van der Waals surface area contributed by atoms with Gasteiger partial charge in [-0.1, -0.05) is 18.2 Å². The predicted octanol–water partition coefficient (Wildman–Crippen LogP) is 2.70. The summed E-state index contributed by atoms with van der Waals surface area (Å²) in [5, 5.41) is 0. The van der Waals surface area contributed by atoms with Gasteiger partial charge in [-0.3, -0.25) is 0 Å². The van der Waals surface area contributed by atoms with E-state index in [2.05, 4.69) is 40.6 Å². The molecule has 1 rings (SSSR count). The highest BCUT2D eigenvalue weighted by molar-refractivity contribution is 14.1. The van der Waals surface area contributed by atoms with Crippen molar-refractivity contribution in [1.82, 2.24) is 0 Å². The Morgan fingerprint density at radius 3 is 2.77 bits per heavy atom. The van der Waals surface area contributed by atoms with Gasteiger partial charge < -0.3 is 5.73 Å². The van der Waals surface area contributed by atoms with E-state index in [4.69, 9.17) is 12.2 Å². The summed E-state index contributed by atoms with van der Waals surface area (Å²) in [5.41, 5.74) is 7.17. The standard InChI is InChI=1S/C11H12IN/c1-2-3-8-11(13)9-6-4-5-7-10(9)12/h1,4-7,11H,3,8,13H2. The third kappa shape index (κ3) is 3.02. The molecule has 68 valence electrons. The average Bonchev–Trinajstić information content (AvgIpc) is 2.15. The van der Waals surface area contributed by atoms with Crippen LogP contribution in [0.3, 0.4) is 0 Å². The first-order valence-corrected chi connectivity index (χ1v) is 5.27. The molecule has 0 spiro atoms. The largest absolute Gasteiger partial charge is 0.324 e. The highest BCUT2D eigenvalue weighted by Crippen LogP contribution is 2.20. The van der Waals surface area contributed by atoms with E-state index in [1.807, 2.05) is 12.1 Å². The summed E-state index contributed by atoms with van der Waals surface area (Å²) in [4.78, 5) is 0. The maximum atomic E-state index is 5.98. The second kappa shape index (κ2) is 5.25. The van der Waals surface area contributed by atoms with Gasteiger partial charge in [0.2, 0.25) is 0 Å². The lowest BCUT2D eigenvalue weighted by molar-refractivity contribution is 0.665. The van der Waals surface area contributed by atoms with Crippen molar-refractivity contribution in [2.24, 2.45) is 5.73 Å². The van der Waals surface area contributed by atoms with Gasteiger partial charge in [-0.2, -0.15) is 0 Å². The van der Waals surface area contributed by atoms with Crippen molar-refractivity contribution < 1.29 is 0 Å². The van der Waals surface area contributed by atoms with Crippen molar-refractivity contribution in [2.75, 3.05) is 0 Å². The molecule has 1 unspecified atom stereocenters. The Hall–Kier alpha value is -0.530. The molecule has 0 heterocycles. The zero-order chi connectivity index (χ0) is 9.68. The van der Waals surface area contributed by atoms with Crippen LogP contribution in [0.1, 0.15) is 24.4 Å². The minimum atomic E-state index is 0.0733. The summed E-state index contributed by atoms with van der Waals surface area (Å²) in [5.74, 6) is 2.61. The number of nitrogens with two attached hydrogens (primary N) is 1. The third-order valence-electron chi connectivity index (χ3n) is 1.90. The molecule has 1 nitrogen and oxygen atoms in total. The van der Waals surface area contributed by atoms with Gasteiger partial charge >= 0.3 is 0 Å². The minimum absolute atomic E-state index is 0.0733. The number of halogens is 1. The first-order chi connectivity index (χ1) is 6.25. The molecule has 0 saturated heterocycles. The van der Waals surface area contributed by atoms with Gasteiger partial charge in [0.1, 0.15) is 0 Å². The first kappa shape index (κ1) is 10.6. The summed E-state index contributed by atoms with van der Waals surface area (Å²) in [7, 11) is 0. The number of rotatable bonds is 3. The van der Waals surface area contributed by atoms with Crippen LogP contribution in [0.25, 0.3) is 0 Å². The van der Waals surface area contributed by atoms with Crippen LogP contribution in [0.5, 0.6) is 0 Å². The van der Waals surface area contributed by atoms with E-state index >= 15 is 0 Å². The second-order valence-electron chi connectivity index (χ2n) is 2.87. The van der Waals surface area contributed by atoms with E-state index in [1.54, 1.807) is 0 Å². The molecule has 0 radical (unpaired) electrons. The maximum Gasteiger partial charge on any atom is 0.0314 e. The van der Waals surface area contributed by atoms with Crippen LogP contribution < -0.4 is 5.73 Å². The zero-order valence-electron chi connectivity index (χ0n) is 7.33. The average molecular weight is 285 g/mol. The zero-order valence-corrected chi connectivity index (χ0v) is 9.49. The fourth-order valence-corrected chi connectivity index (χ4v) is 1.96. The van der Waals surface area contributed by atoms with Gasteiger partial charge in [0.25, 0.3) is 0 Å². The Kier molecular flexibility index (Phi) is 4.26. The summed E-state index contributed by atoms with van der Waals surface area (Å²) >= 11 is 2.30. The van der Waals surface area contributed by atoms with E-state index in [0.29, 0.717) is 0 Å². The van der Waals surface area contributed by atoms with Crippen molar-refractivity contribution in [2.45, 2.75) is 18.9 Å². The van der Waals surface area contributed by atoms with Gasteiger partial charge in [-0.25, -0.2) is 0 Å². The second-order valence-corrected chi connectivity index (χ2v) is 4.03. The van der Waals surface area contributed by atoms with E-state index in [0.717, 1.165) is 12.8 Å². The molecular weight excluding hydrogens is 273 g/mol. The minimum Gasteiger partial charge on any atom is -0.324 e. The van der Waals surface area contributed by atoms with Crippen molar-refractivity contribution >= 4 is 22.6 Å². The molecule has 0 bridgehead atoms. The molecule has 0 aliphatic carbocycles. The lowest BCUT2D eigenvalue weighted by atomic mass is 10.0. The van der Waals surface area contributed by atoms with Gasteiger partial charge in [0, 0.05) is 16.0 Å². The molecule has 2 heteroatoms. The Balaban J connectivity index is 2.72. The Labute approximate surface area is 92.9 Å². The van der Waals surface area contributed by atoms with Crippen LogP contribution in [-0.4, -0.2) is 0 Å². The molecule has 0 saturated carbocycles. The highest BCUT2D eigenvalue weighted by atomic mass is 127. The number of benzene rings is 1.